The molecule has 0 radical (unpaired) electrons. The topological polar surface area (TPSA) is 143 Å². The number of rotatable bonds is 4. The standard InChI is InChI=1S/2C4HN3P.2ClH.Pd/c2*5-1-4(8,2-6)3-7;;;/h2*8H;2*1H;/q2*-1;;;+4/p-2. The van der Waals surface area contributed by atoms with Gasteiger partial charge in [-0.1, -0.05) is 0 Å². The average molecular weight is 421 g/mol. The van der Waals surface area contributed by atoms with Crippen molar-refractivity contribution >= 4 is 32.6 Å². The summed E-state index contributed by atoms with van der Waals surface area (Å²) in [5, 5.41) is 49.0. The van der Waals surface area contributed by atoms with Crippen LogP contribution in [0.25, 0.3) is 0 Å². The van der Waals surface area contributed by atoms with Crippen molar-refractivity contribution in [2.75, 3.05) is 0 Å². The van der Waals surface area contributed by atoms with Crippen LogP contribution in [0, 0.1) is 68.0 Å². The Hall–Kier alpha value is -0.958. The molecule has 0 bridgehead atoms. The van der Waals surface area contributed by atoms with Crippen molar-refractivity contribution in [3.8, 4) is 36.4 Å². The van der Waals surface area contributed by atoms with E-state index in [1.165, 1.54) is 36.4 Å². The van der Waals surface area contributed by atoms with Crippen molar-refractivity contribution in [3.05, 3.63) is 0 Å². The molecule has 0 saturated carbocycles. The van der Waals surface area contributed by atoms with Crippen molar-refractivity contribution in [2.24, 2.45) is 0 Å². The van der Waals surface area contributed by atoms with Crippen LogP contribution in [-0.4, -0.2) is 10.3 Å². The molecule has 0 amide bonds. The Bertz CT molecular complexity index is 496. The fourth-order valence-electron chi connectivity index (χ4n) is 0.574. The molecule has 0 fully saturated rings. The Labute approximate surface area is 123 Å². The van der Waals surface area contributed by atoms with E-state index < -0.39 is 36.4 Å². The molecule has 0 aromatic heterocycles. The van der Waals surface area contributed by atoms with Gasteiger partial charge in [-0.05, 0) is 0 Å². The van der Waals surface area contributed by atoms with E-state index in [4.69, 9.17) is 50.6 Å². The van der Waals surface area contributed by atoms with Crippen LogP contribution in [0.15, 0.2) is 0 Å². The first-order chi connectivity index (χ1) is 8.78. The molecule has 0 aliphatic heterocycles. The Kier molecular flexibility index (Phi) is 6.64. The van der Waals surface area contributed by atoms with Gasteiger partial charge in [-0.25, -0.2) is 0 Å². The minimum atomic E-state index is -3.56. The summed E-state index contributed by atoms with van der Waals surface area (Å²) in [6.45, 7) is -1.48. The molecule has 6 nitrogen and oxygen atoms in total. The summed E-state index contributed by atoms with van der Waals surface area (Å²) < 4.78 is 0. The molecule has 19 heavy (non-hydrogen) atoms. The van der Waals surface area contributed by atoms with E-state index >= 15 is 0 Å². The number of nitrogens with zero attached hydrogens (tertiary/aromatic N) is 6. The molecule has 0 heterocycles. The van der Waals surface area contributed by atoms with Crippen LogP contribution < -0.4 is 0 Å². The van der Waals surface area contributed by atoms with E-state index in [0.717, 1.165) is 0 Å². The van der Waals surface area contributed by atoms with Gasteiger partial charge in [0.05, 0.1) is 0 Å². The van der Waals surface area contributed by atoms with E-state index in [1.807, 2.05) is 0 Å². The minimum absolute atomic E-state index is 0.740. The summed E-state index contributed by atoms with van der Waals surface area (Å²) in [5.41, 5.74) is 0. The predicted molar refractivity (Wildman–Crippen MR) is 67.5 cm³/mol. The van der Waals surface area contributed by atoms with Crippen LogP contribution in [0.2, 0.25) is 0 Å². The fraction of sp³-hybridized carbons (Fsp3) is 0.250. The molecule has 0 aromatic rings. The van der Waals surface area contributed by atoms with Gasteiger partial charge in [0.25, 0.3) is 0 Å². The van der Waals surface area contributed by atoms with Crippen LogP contribution in [0.3, 0.4) is 0 Å². The Morgan fingerprint density at radius 1 is 0.632 bits per heavy atom. The number of hydrogen-bond acceptors (Lipinski definition) is 6. The van der Waals surface area contributed by atoms with Crippen LogP contribution >= 0.6 is 32.6 Å². The van der Waals surface area contributed by atoms with Gasteiger partial charge in [-0.3, -0.25) is 0 Å². The summed E-state index contributed by atoms with van der Waals surface area (Å²) in [7, 11) is 12.0. The summed E-state index contributed by atoms with van der Waals surface area (Å²) in [5.74, 6) is 0. The van der Waals surface area contributed by atoms with E-state index in [0.29, 0.717) is 0 Å². The van der Waals surface area contributed by atoms with Crippen LogP contribution in [0.4, 0.5) is 0 Å². The monoisotopic (exact) mass is 420 g/mol. The molecule has 0 spiro atoms. The maximum atomic E-state index is 8.84. The van der Waals surface area contributed by atoms with Gasteiger partial charge in [-0.2, -0.15) is 0 Å². The van der Waals surface area contributed by atoms with Gasteiger partial charge in [0.2, 0.25) is 0 Å². The normalized spacial score (nSPS) is 12.8. The molecule has 0 rings (SSSR count). The molecule has 98 valence electrons. The zero-order valence-corrected chi connectivity index (χ0v) is 13.8. The third-order valence-corrected chi connectivity index (χ3v) is 16.5. The van der Waals surface area contributed by atoms with Crippen LogP contribution in [0.5, 0.6) is 0 Å². The molecule has 2 unspecified atom stereocenters. The Morgan fingerprint density at radius 2 is 0.842 bits per heavy atom. The second-order valence-corrected chi connectivity index (χ2v) is 25.8. The first kappa shape index (κ1) is 18.0. The fourth-order valence-corrected chi connectivity index (χ4v) is 18.9. The van der Waals surface area contributed by atoms with Crippen LogP contribution in [-0.2, 0) is 12.5 Å². The Balaban J connectivity index is 5.40. The van der Waals surface area contributed by atoms with Crippen molar-refractivity contribution in [3.63, 3.8) is 0 Å². The third-order valence-electron chi connectivity index (χ3n) is 1.44. The van der Waals surface area contributed by atoms with Crippen molar-refractivity contribution < 1.29 is 12.5 Å². The molecule has 0 aliphatic rings. The first-order valence-electron chi connectivity index (χ1n) is 3.90. The first-order valence-corrected chi connectivity index (χ1v) is 14.2. The van der Waals surface area contributed by atoms with Gasteiger partial charge < -0.3 is 0 Å². The van der Waals surface area contributed by atoms with Gasteiger partial charge in [-0.15, -0.1) is 0 Å². The summed E-state index contributed by atoms with van der Waals surface area (Å²) in [4.78, 5) is 0. The second kappa shape index (κ2) is 6.99. The average Bonchev–Trinajstić information content (AvgIpc) is 2.42. The van der Waals surface area contributed by atoms with Gasteiger partial charge >= 0.3 is 123 Å². The van der Waals surface area contributed by atoms with E-state index in [2.05, 4.69) is 0 Å². The third kappa shape index (κ3) is 4.57. The molecule has 0 aromatic carbocycles. The van der Waals surface area contributed by atoms with Gasteiger partial charge in [0, 0.05) is 0 Å². The van der Waals surface area contributed by atoms with Gasteiger partial charge in [0.15, 0.2) is 0 Å². The molecule has 0 N–H and O–H groups in total. The zero-order valence-electron chi connectivity index (χ0n) is 8.76. The van der Waals surface area contributed by atoms with E-state index in [1.54, 1.807) is 0 Å². The molecule has 0 aliphatic carbocycles. The number of halogens is 2. The summed E-state index contributed by atoms with van der Waals surface area (Å²) in [6.07, 6.45) is 0. The molecule has 11 heteroatoms. The van der Waals surface area contributed by atoms with Crippen molar-refractivity contribution in [1.82, 2.24) is 0 Å². The maximum absolute atomic E-state index is 8.84. The molecular formula is C8H2Cl2N6P2Pd. The van der Waals surface area contributed by atoms with Crippen LogP contribution in [0.1, 0.15) is 0 Å². The van der Waals surface area contributed by atoms with E-state index in [-0.39, 0.29) is 0 Å². The number of nitriles is 6. The molecular weight excluding hydrogens is 419 g/mol. The van der Waals surface area contributed by atoms with E-state index in [9.17, 15) is 0 Å². The SMILES string of the molecule is N#CC(C#N)(C#N)[PH][Pd]([Cl])([Cl])[PH]C(C#N)(C#N)C#N. The summed E-state index contributed by atoms with van der Waals surface area (Å²) in [6, 6.07) is 9.15. The quantitative estimate of drug-likeness (QED) is 0.503. The molecule has 2 atom stereocenters. The molecule has 0 saturated heterocycles. The summed E-state index contributed by atoms with van der Waals surface area (Å²) >= 11 is -3.56. The van der Waals surface area contributed by atoms with Crippen molar-refractivity contribution in [2.45, 2.75) is 10.3 Å². The predicted octanol–water partition coefficient (Wildman–Crippen LogP) is 2.25. The number of hydrogen-bond donors (Lipinski definition) is 0. The Morgan fingerprint density at radius 3 is 1.00 bits per heavy atom. The van der Waals surface area contributed by atoms with Gasteiger partial charge in [0.1, 0.15) is 0 Å². The second-order valence-electron chi connectivity index (χ2n) is 2.69. The van der Waals surface area contributed by atoms with Crippen molar-refractivity contribution in [1.29, 1.82) is 31.6 Å². The zero-order chi connectivity index (χ0) is 15.2.